The molecule has 1 aromatic heterocycles. The van der Waals surface area contributed by atoms with E-state index in [1.54, 1.807) is 6.33 Å². The number of nitrogens with zero attached hydrogens (tertiary/aromatic N) is 4. The van der Waals surface area contributed by atoms with Crippen LogP contribution < -0.4 is 0 Å². The van der Waals surface area contributed by atoms with E-state index in [1.165, 1.54) is 36.6 Å². The van der Waals surface area contributed by atoms with Gasteiger partial charge in [0.25, 0.3) is 0 Å². The lowest BCUT2D eigenvalue weighted by Crippen LogP contribution is -2.30. The van der Waals surface area contributed by atoms with Crippen molar-refractivity contribution in [2.24, 2.45) is 11.8 Å². The van der Waals surface area contributed by atoms with Gasteiger partial charge in [0.05, 0.1) is 5.75 Å². The molecule has 1 aromatic carbocycles. The summed E-state index contributed by atoms with van der Waals surface area (Å²) < 4.78 is 1.94. The van der Waals surface area contributed by atoms with E-state index in [-0.39, 0.29) is 5.91 Å². The zero-order valence-electron chi connectivity index (χ0n) is 13.9. The minimum absolute atomic E-state index is 0.224. The van der Waals surface area contributed by atoms with Crippen molar-refractivity contribution in [1.82, 2.24) is 19.7 Å². The average Bonchev–Trinajstić information content (AvgIpc) is 3.14. The molecule has 24 heavy (non-hydrogen) atoms. The van der Waals surface area contributed by atoms with Crippen LogP contribution in [0.5, 0.6) is 0 Å². The van der Waals surface area contributed by atoms with Crippen LogP contribution in [0.4, 0.5) is 0 Å². The summed E-state index contributed by atoms with van der Waals surface area (Å²) in [6, 6.07) is 8.23. The molecule has 2 fully saturated rings. The Balaban J connectivity index is 1.37. The molecule has 6 heteroatoms. The van der Waals surface area contributed by atoms with E-state index in [0.29, 0.717) is 5.75 Å². The Labute approximate surface area is 146 Å². The predicted octanol–water partition coefficient (Wildman–Crippen LogP) is 2.93. The highest BCUT2D eigenvalue weighted by molar-refractivity contribution is 7.99. The van der Waals surface area contributed by atoms with E-state index in [9.17, 15) is 4.79 Å². The highest BCUT2D eigenvalue weighted by Crippen LogP contribution is 2.41. The molecule has 1 saturated carbocycles. The summed E-state index contributed by atoms with van der Waals surface area (Å²) in [5.41, 5.74) is 2.24. The van der Waals surface area contributed by atoms with E-state index in [0.717, 1.165) is 35.8 Å². The predicted molar refractivity (Wildman–Crippen MR) is 94.2 cm³/mol. The minimum atomic E-state index is 0.224. The van der Waals surface area contributed by atoms with Gasteiger partial charge in [0, 0.05) is 18.8 Å². The van der Waals surface area contributed by atoms with Gasteiger partial charge in [0.1, 0.15) is 6.33 Å². The van der Waals surface area contributed by atoms with Crippen molar-refractivity contribution in [1.29, 1.82) is 0 Å². The largest absolute Gasteiger partial charge is 0.342 e. The number of aryl methyl sites for hydroxylation is 1. The highest BCUT2D eigenvalue weighted by Gasteiger charge is 2.37. The number of likely N-dealkylation sites (tertiary alicyclic amines) is 1. The lowest BCUT2D eigenvalue weighted by Gasteiger charge is -2.16. The molecule has 126 valence electrons. The molecule has 0 spiro atoms. The number of amides is 1. The normalized spacial score (nSPS) is 20.5. The maximum absolute atomic E-state index is 12.5. The van der Waals surface area contributed by atoms with Gasteiger partial charge in [-0.2, -0.15) is 0 Å². The molecule has 1 atom stereocenters. The molecule has 1 unspecified atom stereocenters. The molecule has 0 N–H and O–H groups in total. The van der Waals surface area contributed by atoms with Crippen LogP contribution in [0.1, 0.15) is 24.8 Å². The Hall–Kier alpha value is -1.82. The first-order chi connectivity index (χ1) is 11.7. The molecule has 2 aliphatic rings. The van der Waals surface area contributed by atoms with Crippen molar-refractivity contribution < 1.29 is 4.79 Å². The summed E-state index contributed by atoms with van der Waals surface area (Å²) >= 11 is 1.47. The third-order valence-electron chi connectivity index (χ3n) is 5.02. The standard InChI is InChI=1S/C18H22N4OS/c1-13-2-6-16(7-3-13)22-12-19-20-18(22)24-11-17(23)21-9-8-15(10-21)14-4-5-14/h2-3,6-7,12,14-15H,4-5,8-11H2,1H3. The van der Waals surface area contributed by atoms with Gasteiger partial charge in [0.15, 0.2) is 5.16 Å². The molecule has 1 aliphatic heterocycles. The fourth-order valence-corrected chi connectivity index (χ4v) is 4.22. The molecule has 1 saturated heterocycles. The summed E-state index contributed by atoms with van der Waals surface area (Å²) in [7, 11) is 0. The third kappa shape index (κ3) is 3.34. The molecule has 4 rings (SSSR count). The Kier molecular flexibility index (Phi) is 4.31. The minimum Gasteiger partial charge on any atom is -0.342 e. The summed E-state index contributed by atoms with van der Waals surface area (Å²) in [5, 5.41) is 8.95. The number of thioether (sulfide) groups is 1. The quantitative estimate of drug-likeness (QED) is 0.784. The topological polar surface area (TPSA) is 51.0 Å². The molecular weight excluding hydrogens is 320 g/mol. The molecule has 5 nitrogen and oxygen atoms in total. The number of rotatable bonds is 5. The van der Waals surface area contributed by atoms with Crippen LogP contribution in [0.25, 0.3) is 5.69 Å². The van der Waals surface area contributed by atoms with Gasteiger partial charge in [-0.3, -0.25) is 9.36 Å². The molecule has 0 bridgehead atoms. The fourth-order valence-electron chi connectivity index (χ4n) is 3.39. The fraction of sp³-hybridized carbons (Fsp3) is 0.500. The van der Waals surface area contributed by atoms with E-state index in [2.05, 4.69) is 29.3 Å². The SMILES string of the molecule is Cc1ccc(-n2cnnc2SCC(=O)N2CCC(C3CC3)C2)cc1. The van der Waals surface area contributed by atoms with Crippen molar-refractivity contribution in [3.63, 3.8) is 0 Å². The molecule has 0 radical (unpaired) electrons. The van der Waals surface area contributed by atoms with Gasteiger partial charge in [-0.15, -0.1) is 10.2 Å². The van der Waals surface area contributed by atoms with Crippen LogP contribution in [0.2, 0.25) is 0 Å². The molecule has 1 aliphatic carbocycles. The summed E-state index contributed by atoms with van der Waals surface area (Å²) in [6.07, 6.45) is 5.61. The molecule has 2 heterocycles. The summed E-state index contributed by atoms with van der Waals surface area (Å²) in [4.78, 5) is 14.5. The van der Waals surface area contributed by atoms with Crippen molar-refractivity contribution in [3.05, 3.63) is 36.2 Å². The first-order valence-electron chi connectivity index (χ1n) is 8.58. The molecular formula is C18H22N4OS. The zero-order chi connectivity index (χ0) is 16.5. The summed E-state index contributed by atoms with van der Waals surface area (Å²) in [5.74, 6) is 2.29. The van der Waals surface area contributed by atoms with Gasteiger partial charge in [-0.25, -0.2) is 0 Å². The van der Waals surface area contributed by atoms with Gasteiger partial charge < -0.3 is 4.90 Å². The van der Waals surface area contributed by atoms with Crippen molar-refractivity contribution in [3.8, 4) is 5.69 Å². The number of hydrogen-bond acceptors (Lipinski definition) is 4. The van der Waals surface area contributed by atoms with Gasteiger partial charge in [-0.05, 0) is 50.2 Å². The van der Waals surface area contributed by atoms with Crippen LogP contribution in [-0.4, -0.2) is 44.4 Å². The first kappa shape index (κ1) is 15.7. The Morgan fingerprint density at radius 1 is 1.21 bits per heavy atom. The smallest absolute Gasteiger partial charge is 0.233 e. The van der Waals surface area contributed by atoms with E-state index in [4.69, 9.17) is 0 Å². The van der Waals surface area contributed by atoms with Crippen LogP contribution in [0.15, 0.2) is 35.7 Å². The average molecular weight is 342 g/mol. The Morgan fingerprint density at radius 3 is 2.75 bits per heavy atom. The number of benzene rings is 1. The Morgan fingerprint density at radius 2 is 2.00 bits per heavy atom. The second-order valence-electron chi connectivity index (χ2n) is 6.83. The number of hydrogen-bond donors (Lipinski definition) is 0. The van der Waals surface area contributed by atoms with Gasteiger partial charge >= 0.3 is 0 Å². The molecule has 2 aromatic rings. The van der Waals surface area contributed by atoms with E-state index in [1.807, 2.05) is 21.6 Å². The maximum atomic E-state index is 12.5. The maximum Gasteiger partial charge on any atom is 0.233 e. The van der Waals surface area contributed by atoms with E-state index < -0.39 is 0 Å². The van der Waals surface area contributed by atoms with Crippen LogP contribution >= 0.6 is 11.8 Å². The van der Waals surface area contributed by atoms with Gasteiger partial charge in [0.2, 0.25) is 5.91 Å². The van der Waals surface area contributed by atoms with Crippen molar-refractivity contribution in [2.45, 2.75) is 31.3 Å². The van der Waals surface area contributed by atoms with Crippen LogP contribution in [0, 0.1) is 18.8 Å². The lowest BCUT2D eigenvalue weighted by atomic mass is 10.0. The highest BCUT2D eigenvalue weighted by atomic mass is 32.2. The van der Waals surface area contributed by atoms with E-state index >= 15 is 0 Å². The summed E-state index contributed by atoms with van der Waals surface area (Å²) in [6.45, 7) is 3.94. The number of carbonyl (C=O) groups excluding carboxylic acids is 1. The molecule has 1 amide bonds. The number of carbonyl (C=O) groups is 1. The number of aromatic nitrogens is 3. The van der Waals surface area contributed by atoms with Crippen LogP contribution in [-0.2, 0) is 4.79 Å². The second-order valence-corrected chi connectivity index (χ2v) is 7.78. The lowest BCUT2D eigenvalue weighted by molar-refractivity contribution is -0.127. The Bertz CT molecular complexity index is 723. The zero-order valence-corrected chi connectivity index (χ0v) is 14.7. The second kappa shape index (κ2) is 6.59. The monoisotopic (exact) mass is 342 g/mol. The van der Waals surface area contributed by atoms with Crippen LogP contribution in [0.3, 0.4) is 0 Å². The van der Waals surface area contributed by atoms with Crippen molar-refractivity contribution >= 4 is 17.7 Å². The third-order valence-corrected chi connectivity index (χ3v) is 5.95. The first-order valence-corrected chi connectivity index (χ1v) is 9.57. The van der Waals surface area contributed by atoms with Gasteiger partial charge in [-0.1, -0.05) is 29.5 Å². The van der Waals surface area contributed by atoms with Crippen molar-refractivity contribution in [2.75, 3.05) is 18.8 Å².